The highest BCUT2D eigenvalue weighted by atomic mass is 19.4. The number of carbonyl (C=O) groups excluding carboxylic acids is 1. The molecule has 8 nitrogen and oxygen atoms in total. The lowest BCUT2D eigenvalue weighted by Gasteiger charge is -2.35. The number of H-pyrrole nitrogens is 1. The summed E-state index contributed by atoms with van der Waals surface area (Å²) in [5.41, 5.74) is 0.295. The Kier molecular flexibility index (Phi) is 5.36. The van der Waals surface area contributed by atoms with Crippen LogP contribution in [0.4, 0.5) is 19.0 Å². The lowest BCUT2D eigenvalue weighted by molar-refractivity contribution is -0.274. The molecule has 1 aliphatic heterocycles. The number of aryl methyl sites for hydroxylation is 1. The molecule has 0 bridgehead atoms. The van der Waals surface area contributed by atoms with E-state index in [0.29, 0.717) is 30.2 Å². The van der Waals surface area contributed by atoms with Crippen LogP contribution in [0.3, 0.4) is 0 Å². The van der Waals surface area contributed by atoms with Gasteiger partial charge in [-0.25, -0.2) is 4.98 Å². The van der Waals surface area contributed by atoms with E-state index in [9.17, 15) is 23.1 Å². The molecular weight excluding hydrogens is 381 g/mol. The van der Waals surface area contributed by atoms with E-state index in [-0.39, 0.29) is 24.0 Å². The molecule has 0 saturated carbocycles. The predicted molar refractivity (Wildman–Crippen MR) is 92.0 cm³/mol. The van der Waals surface area contributed by atoms with Gasteiger partial charge in [0.05, 0.1) is 6.61 Å². The van der Waals surface area contributed by atoms with Crippen LogP contribution in [-0.2, 0) is 6.42 Å². The molecule has 0 aliphatic carbocycles. The number of aromatic nitrogens is 2. The topological polar surface area (TPSA) is 90.9 Å². The second-order valence-electron chi connectivity index (χ2n) is 6.23. The van der Waals surface area contributed by atoms with Crippen LogP contribution >= 0.6 is 0 Å². The van der Waals surface area contributed by atoms with Gasteiger partial charge in [-0.3, -0.25) is 9.69 Å². The molecule has 28 heavy (non-hydrogen) atoms. The molecule has 1 amide bonds. The number of nitrogens with one attached hydrogen (secondary N) is 1. The number of anilines is 1. The first-order valence-corrected chi connectivity index (χ1v) is 8.41. The fourth-order valence-corrected chi connectivity index (χ4v) is 2.78. The van der Waals surface area contributed by atoms with Crippen LogP contribution < -0.4 is 14.4 Å². The first-order chi connectivity index (χ1) is 13.2. The Morgan fingerprint density at radius 1 is 1.25 bits per heavy atom. The summed E-state index contributed by atoms with van der Waals surface area (Å²) in [6, 6.07) is 5.27. The highest BCUT2D eigenvalue weighted by Gasteiger charge is 2.35. The van der Waals surface area contributed by atoms with E-state index in [0.717, 1.165) is 6.07 Å². The minimum Gasteiger partial charge on any atom is -0.493 e. The summed E-state index contributed by atoms with van der Waals surface area (Å²) in [5.74, 6) is 0.444. The number of hydrogen-bond donors (Lipinski definition) is 2. The van der Waals surface area contributed by atoms with E-state index in [1.54, 1.807) is 7.05 Å². The zero-order valence-electron chi connectivity index (χ0n) is 15.2. The third-order valence-electron chi connectivity index (χ3n) is 4.16. The van der Waals surface area contributed by atoms with Gasteiger partial charge in [0.25, 0.3) is 5.91 Å². The number of fused-ring (bicyclic) bond motifs is 1. The van der Waals surface area contributed by atoms with Crippen LogP contribution in [0.1, 0.15) is 22.7 Å². The number of carbonyl (C=O) groups is 1. The third-order valence-corrected chi connectivity index (χ3v) is 4.16. The smallest absolute Gasteiger partial charge is 0.493 e. The van der Waals surface area contributed by atoms with Crippen molar-refractivity contribution in [1.29, 1.82) is 0 Å². The van der Waals surface area contributed by atoms with Crippen molar-refractivity contribution in [3.63, 3.8) is 0 Å². The fourth-order valence-electron chi connectivity index (χ4n) is 2.78. The number of alkyl halides is 3. The molecule has 3 rings (SSSR count). The molecule has 1 aromatic heterocycles. The van der Waals surface area contributed by atoms with Crippen molar-refractivity contribution in [1.82, 2.24) is 14.9 Å². The highest BCUT2D eigenvalue weighted by Crippen LogP contribution is 2.27. The van der Waals surface area contributed by atoms with Crippen LogP contribution in [0.15, 0.2) is 24.3 Å². The van der Waals surface area contributed by atoms with Crippen LogP contribution in [0.2, 0.25) is 0 Å². The molecule has 1 unspecified atom stereocenters. The first-order valence-electron chi connectivity index (χ1n) is 8.41. The van der Waals surface area contributed by atoms with Gasteiger partial charge in [0.15, 0.2) is 5.82 Å². The van der Waals surface area contributed by atoms with Crippen LogP contribution in [-0.4, -0.2) is 59.3 Å². The van der Waals surface area contributed by atoms with E-state index < -0.39 is 12.7 Å². The molecular formula is C17H19F3N4O4. The summed E-state index contributed by atoms with van der Waals surface area (Å²) in [5, 5.41) is 9.98. The van der Waals surface area contributed by atoms with Crippen LogP contribution in [0.5, 0.6) is 11.5 Å². The zero-order valence-corrected chi connectivity index (χ0v) is 15.2. The SMILES string of the molecule is CN1C(=O)c2[nH]c(CCCOc3cccc(OC(F)(F)F)c3)nc2N(C)C1O. The quantitative estimate of drug-likeness (QED) is 0.722. The predicted octanol–water partition coefficient (Wildman–Crippen LogP) is 2.12. The average molecular weight is 400 g/mol. The number of rotatable bonds is 6. The molecule has 1 aliphatic rings. The summed E-state index contributed by atoms with van der Waals surface area (Å²) in [6.45, 7) is 0.229. The highest BCUT2D eigenvalue weighted by molar-refractivity contribution is 5.99. The van der Waals surface area contributed by atoms with E-state index in [4.69, 9.17) is 4.74 Å². The number of aliphatic hydroxyl groups excluding tert-OH is 1. The maximum absolute atomic E-state index is 12.2. The van der Waals surface area contributed by atoms with Crippen molar-refractivity contribution in [2.24, 2.45) is 0 Å². The number of nitrogens with zero attached hydrogens (tertiary/aromatic N) is 3. The minimum absolute atomic E-state index is 0.229. The maximum Gasteiger partial charge on any atom is 0.573 e. The molecule has 11 heteroatoms. The molecule has 0 fully saturated rings. The lowest BCUT2D eigenvalue weighted by atomic mass is 10.3. The fraction of sp³-hybridized carbons (Fsp3) is 0.412. The van der Waals surface area contributed by atoms with Crippen molar-refractivity contribution in [2.75, 3.05) is 25.6 Å². The monoisotopic (exact) mass is 400 g/mol. The Bertz CT molecular complexity index is 855. The van der Waals surface area contributed by atoms with Crippen molar-refractivity contribution in [3.05, 3.63) is 35.8 Å². The summed E-state index contributed by atoms with van der Waals surface area (Å²) >= 11 is 0. The Balaban J connectivity index is 1.55. The summed E-state index contributed by atoms with van der Waals surface area (Å²) in [7, 11) is 3.10. The molecule has 0 radical (unpaired) electrons. The largest absolute Gasteiger partial charge is 0.573 e. The van der Waals surface area contributed by atoms with Crippen molar-refractivity contribution < 1.29 is 32.5 Å². The zero-order chi connectivity index (χ0) is 20.5. The Hall–Kier alpha value is -2.95. The Morgan fingerprint density at radius 3 is 2.68 bits per heavy atom. The molecule has 152 valence electrons. The molecule has 1 aromatic carbocycles. The Morgan fingerprint density at radius 2 is 1.96 bits per heavy atom. The van der Waals surface area contributed by atoms with Crippen molar-refractivity contribution in [2.45, 2.75) is 25.6 Å². The van der Waals surface area contributed by atoms with Gasteiger partial charge >= 0.3 is 6.36 Å². The molecule has 2 heterocycles. The minimum atomic E-state index is -4.76. The van der Waals surface area contributed by atoms with E-state index in [1.807, 2.05) is 0 Å². The second-order valence-corrected chi connectivity index (χ2v) is 6.23. The number of halogens is 3. The normalized spacial score (nSPS) is 16.9. The molecule has 0 saturated heterocycles. The van der Waals surface area contributed by atoms with Crippen LogP contribution in [0.25, 0.3) is 0 Å². The van der Waals surface area contributed by atoms with Gasteiger partial charge in [0, 0.05) is 26.6 Å². The number of aromatic amines is 1. The number of aliphatic hydroxyl groups is 1. The number of imidazole rings is 1. The van der Waals surface area contributed by atoms with Gasteiger partial charge in [-0.15, -0.1) is 13.2 Å². The second kappa shape index (κ2) is 7.58. The van der Waals surface area contributed by atoms with Gasteiger partial charge in [-0.1, -0.05) is 6.07 Å². The molecule has 2 N–H and O–H groups in total. The van der Waals surface area contributed by atoms with Crippen molar-refractivity contribution >= 4 is 11.7 Å². The first kappa shape index (κ1) is 19.8. The van der Waals surface area contributed by atoms with Gasteiger partial charge < -0.3 is 24.5 Å². The summed E-state index contributed by atoms with van der Waals surface area (Å²) in [4.78, 5) is 22.1. The van der Waals surface area contributed by atoms with Crippen LogP contribution in [0, 0.1) is 0 Å². The van der Waals surface area contributed by atoms with Gasteiger partial charge in [-0.05, 0) is 18.6 Å². The molecule has 2 aromatic rings. The van der Waals surface area contributed by atoms with Gasteiger partial charge in [0.2, 0.25) is 6.35 Å². The van der Waals surface area contributed by atoms with E-state index in [2.05, 4.69) is 14.7 Å². The van der Waals surface area contributed by atoms with E-state index >= 15 is 0 Å². The lowest BCUT2D eigenvalue weighted by Crippen LogP contribution is -2.52. The molecule has 1 atom stereocenters. The maximum atomic E-state index is 12.2. The number of benzene rings is 1. The van der Waals surface area contributed by atoms with Gasteiger partial charge in [0.1, 0.15) is 23.0 Å². The van der Waals surface area contributed by atoms with Crippen molar-refractivity contribution in [3.8, 4) is 11.5 Å². The summed E-state index contributed by atoms with van der Waals surface area (Å²) < 4.78 is 46.0. The summed E-state index contributed by atoms with van der Waals surface area (Å²) in [6.07, 6.45) is -4.89. The Labute approximate surface area is 158 Å². The third kappa shape index (κ3) is 4.30. The number of hydrogen-bond acceptors (Lipinski definition) is 6. The number of amides is 1. The molecule has 0 spiro atoms. The van der Waals surface area contributed by atoms with Gasteiger partial charge in [-0.2, -0.15) is 0 Å². The van der Waals surface area contributed by atoms with E-state index in [1.165, 1.54) is 35.0 Å². The standard InChI is InChI=1S/C17H19F3N4O4/c1-23-14-13(15(25)24(2)16(23)26)21-12(22-14)7-4-8-27-10-5-3-6-11(9-10)28-17(18,19)20/h3,5-6,9,16,26H,4,7-8H2,1-2H3,(H,21,22). The average Bonchev–Trinajstić information content (AvgIpc) is 3.05. The number of ether oxygens (including phenoxy) is 2.